The molecular weight excluding hydrogens is 254 g/mol. The minimum Gasteiger partial charge on any atom is -0.368 e. The van der Waals surface area contributed by atoms with Crippen LogP contribution in [-0.4, -0.2) is 34.5 Å². The van der Waals surface area contributed by atoms with Crippen molar-refractivity contribution in [3.8, 4) is 0 Å². The molecular formula is C15H19N3O2. The second-order valence-electron chi connectivity index (χ2n) is 5.17. The topological polar surface area (TPSA) is 55.6 Å². The van der Waals surface area contributed by atoms with Gasteiger partial charge in [0.1, 0.15) is 11.8 Å². The van der Waals surface area contributed by atoms with Gasteiger partial charge < -0.3 is 14.5 Å². The average molecular weight is 273 g/mol. The lowest BCUT2D eigenvalue weighted by molar-refractivity contribution is -0.129. The molecule has 1 aliphatic heterocycles. The molecule has 0 saturated carbocycles. The van der Waals surface area contributed by atoms with E-state index in [1.807, 2.05) is 18.3 Å². The summed E-state index contributed by atoms with van der Waals surface area (Å²) >= 11 is 0. The van der Waals surface area contributed by atoms with Crippen LogP contribution in [0.5, 0.6) is 0 Å². The molecule has 5 nitrogen and oxygen atoms in total. The summed E-state index contributed by atoms with van der Waals surface area (Å²) in [6, 6.07) is 6.04. The molecule has 20 heavy (non-hydrogen) atoms. The summed E-state index contributed by atoms with van der Waals surface area (Å²) in [5.41, 5.74) is 3.10. The van der Waals surface area contributed by atoms with E-state index in [0.29, 0.717) is 13.2 Å². The van der Waals surface area contributed by atoms with Gasteiger partial charge in [-0.1, -0.05) is 6.07 Å². The Labute approximate surface area is 118 Å². The molecule has 2 aromatic heterocycles. The third-order valence-electron chi connectivity index (χ3n) is 3.65. The molecule has 1 N–H and O–H groups in total. The van der Waals surface area contributed by atoms with Crippen LogP contribution in [0.15, 0.2) is 24.4 Å². The summed E-state index contributed by atoms with van der Waals surface area (Å²) in [5.74, 6) is 0.00226. The number of carbonyl (C=O) groups is 1. The van der Waals surface area contributed by atoms with Gasteiger partial charge in [0.05, 0.1) is 5.69 Å². The first kappa shape index (κ1) is 13.1. The van der Waals surface area contributed by atoms with Gasteiger partial charge in [0.25, 0.3) is 0 Å². The van der Waals surface area contributed by atoms with Crippen LogP contribution < -0.4 is 5.32 Å². The van der Waals surface area contributed by atoms with Gasteiger partial charge in [-0.3, -0.25) is 4.79 Å². The molecule has 0 aromatic carbocycles. The SMILES string of the molecule is Cc1cccc2nc(CCNC(=O)C3CCCO3)cn12. The van der Waals surface area contributed by atoms with Crippen molar-refractivity contribution in [2.45, 2.75) is 32.3 Å². The first-order chi connectivity index (χ1) is 9.74. The summed E-state index contributed by atoms with van der Waals surface area (Å²) in [4.78, 5) is 16.3. The summed E-state index contributed by atoms with van der Waals surface area (Å²) in [7, 11) is 0. The quantitative estimate of drug-likeness (QED) is 0.918. The highest BCUT2D eigenvalue weighted by Gasteiger charge is 2.22. The predicted molar refractivity (Wildman–Crippen MR) is 75.6 cm³/mol. The van der Waals surface area contributed by atoms with Crippen molar-refractivity contribution in [3.63, 3.8) is 0 Å². The second kappa shape index (κ2) is 5.63. The van der Waals surface area contributed by atoms with E-state index in [-0.39, 0.29) is 12.0 Å². The van der Waals surface area contributed by atoms with Crippen molar-refractivity contribution >= 4 is 11.6 Å². The van der Waals surface area contributed by atoms with Crippen LogP contribution in [0.2, 0.25) is 0 Å². The van der Waals surface area contributed by atoms with Crippen LogP contribution in [-0.2, 0) is 16.0 Å². The molecule has 1 atom stereocenters. The fourth-order valence-corrected chi connectivity index (χ4v) is 2.53. The molecule has 1 saturated heterocycles. The highest BCUT2D eigenvalue weighted by Crippen LogP contribution is 2.12. The Balaban J connectivity index is 1.57. The van der Waals surface area contributed by atoms with Crippen LogP contribution in [0, 0.1) is 6.92 Å². The van der Waals surface area contributed by atoms with Crippen molar-refractivity contribution in [2.75, 3.05) is 13.2 Å². The number of rotatable bonds is 4. The third-order valence-corrected chi connectivity index (χ3v) is 3.65. The van der Waals surface area contributed by atoms with E-state index < -0.39 is 0 Å². The van der Waals surface area contributed by atoms with Crippen molar-refractivity contribution in [1.82, 2.24) is 14.7 Å². The summed E-state index contributed by atoms with van der Waals surface area (Å²) < 4.78 is 7.42. The number of aryl methyl sites for hydroxylation is 1. The molecule has 0 aliphatic carbocycles. The Hall–Kier alpha value is -1.88. The lowest BCUT2D eigenvalue weighted by Gasteiger charge is -2.09. The Bertz CT molecular complexity index is 615. The van der Waals surface area contributed by atoms with Crippen LogP contribution in [0.1, 0.15) is 24.2 Å². The molecule has 2 aromatic rings. The Morgan fingerprint density at radius 2 is 2.45 bits per heavy atom. The molecule has 1 fully saturated rings. The summed E-state index contributed by atoms with van der Waals surface area (Å²) in [6.07, 6.45) is 4.32. The number of ether oxygens (including phenoxy) is 1. The second-order valence-corrected chi connectivity index (χ2v) is 5.17. The number of hydrogen-bond donors (Lipinski definition) is 1. The van der Waals surface area contributed by atoms with E-state index in [9.17, 15) is 4.79 Å². The standard InChI is InChI=1S/C15H19N3O2/c1-11-4-2-6-14-17-12(10-18(11)14)7-8-16-15(19)13-5-3-9-20-13/h2,4,6,10,13H,3,5,7-9H2,1H3,(H,16,19). The van der Waals surface area contributed by atoms with E-state index in [4.69, 9.17) is 4.74 Å². The van der Waals surface area contributed by atoms with Crippen molar-refractivity contribution in [3.05, 3.63) is 35.8 Å². The lowest BCUT2D eigenvalue weighted by atomic mass is 10.2. The maximum Gasteiger partial charge on any atom is 0.249 e. The first-order valence-electron chi connectivity index (χ1n) is 7.07. The summed E-state index contributed by atoms with van der Waals surface area (Å²) in [6.45, 7) is 3.35. The number of nitrogens with one attached hydrogen (secondary N) is 1. The van der Waals surface area contributed by atoms with Gasteiger partial charge in [0.15, 0.2) is 0 Å². The number of hydrogen-bond acceptors (Lipinski definition) is 3. The van der Waals surface area contributed by atoms with Gasteiger partial charge in [-0.2, -0.15) is 0 Å². The number of amides is 1. The maximum atomic E-state index is 11.8. The zero-order valence-electron chi connectivity index (χ0n) is 11.6. The Kier molecular flexibility index (Phi) is 3.69. The molecule has 0 spiro atoms. The number of imidazole rings is 1. The minimum atomic E-state index is -0.252. The van der Waals surface area contributed by atoms with E-state index in [0.717, 1.165) is 36.3 Å². The maximum absolute atomic E-state index is 11.8. The molecule has 106 valence electrons. The van der Waals surface area contributed by atoms with Gasteiger partial charge in [-0.25, -0.2) is 4.98 Å². The van der Waals surface area contributed by atoms with Gasteiger partial charge >= 0.3 is 0 Å². The molecule has 1 unspecified atom stereocenters. The molecule has 1 aliphatic rings. The molecule has 0 radical (unpaired) electrons. The zero-order valence-corrected chi connectivity index (χ0v) is 11.6. The molecule has 5 heteroatoms. The highest BCUT2D eigenvalue weighted by molar-refractivity contribution is 5.80. The molecule has 3 heterocycles. The minimum absolute atomic E-state index is 0.00226. The Morgan fingerprint density at radius 3 is 3.20 bits per heavy atom. The Morgan fingerprint density at radius 1 is 1.55 bits per heavy atom. The van der Waals surface area contributed by atoms with E-state index in [1.54, 1.807) is 0 Å². The van der Waals surface area contributed by atoms with Gasteiger partial charge in [0.2, 0.25) is 5.91 Å². The predicted octanol–water partition coefficient (Wildman–Crippen LogP) is 1.48. The fraction of sp³-hybridized carbons (Fsp3) is 0.467. The van der Waals surface area contributed by atoms with Crippen molar-refractivity contribution in [2.24, 2.45) is 0 Å². The van der Waals surface area contributed by atoms with Crippen molar-refractivity contribution in [1.29, 1.82) is 0 Å². The van der Waals surface area contributed by atoms with E-state index >= 15 is 0 Å². The van der Waals surface area contributed by atoms with Crippen LogP contribution in [0.4, 0.5) is 0 Å². The number of nitrogens with zero attached hydrogens (tertiary/aromatic N) is 2. The normalized spacial score (nSPS) is 18.6. The van der Waals surface area contributed by atoms with Gasteiger partial charge in [0, 0.05) is 31.5 Å². The lowest BCUT2D eigenvalue weighted by Crippen LogP contribution is -2.35. The smallest absolute Gasteiger partial charge is 0.249 e. The third kappa shape index (κ3) is 2.67. The monoisotopic (exact) mass is 273 g/mol. The van der Waals surface area contributed by atoms with Gasteiger partial charge in [-0.05, 0) is 31.9 Å². The van der Waals surface area contributed by atoms with Crippen molar-refractivity contribution < 1.29 is 9.53 Å². The largest absolute Gasteiger partial charge is 0.368 e. The van der Waals surface area contributed by atoms with E-state index in [1.165, 1.54) is 0 Å². The number of pyridine rings is 1. The van der Waals surface area contributed by atoms with Crippen LogP contribution in [0.3, 0.4) is 0 Å². The summed E-state index contributed by atoms with van der Waals surface area (Å²) in [5, 5.41) is 2.92. The first-order valence-corrected chi connectivity index (χ1v) is 7.07. The van der Waals surface area contributed by atoms with Crippen LogP contribution >= 0.6 is 0 Å². The zero-order chi connectivity index (χ0) is 13.9. The van der Waals surface area contributed by atoms with Crippen LogP contribution in [0.25, 0.3) is 5.65 Å². The highest BCUT2D eigenvalue weighted by atomic mass is 16.5. The van der Waals surface area contributed by atoms with Gasteiger partial charge in [-0.15, -0.1) is 0 Å². The molecule has 1 amide bonds. The molecule has 3 rings (SSSR count). The van der Waals surface area contributed by atoms with E-state index in [2.05, 4.69) is 27.7 Å². The average Bonchev–Trinajstić information content (AvgIpc) is 3.07. The molecule has 0 bridgehead atoms. The fourth-order valence-electron chi connectivity index (χ4n) is 2.53. The number of fused-ring (bicyclic) bond motifs is 1. The number of aromatic nitrogens is 2. The number of carbonyl (C=O) groups excluding carboxylic acids is 1.